The van der Waals surface area contributed by atoms with E-state index in [4.69, 9.17) is 4.74 Å². The second-order valence-electron chi connectivity index (χ2n) is 4.56. The molecule has 0 fully saturated rings. The van der Waals surface area contributed by atoms with Gasteiger partial charge in [0.2, 0.25) is 0 Å². The van der Waals surface area contributed by atoms with E-state index < -0.39 is 0 Å². The first-order valence-electron chi connectivity index (χ1n) is 6.38. The van der Waals surface area contributed by atoms with Gasteiger partial charge in [-0.2, -0.15) is 0 Å². The maximum absolute atomic E-state index is 12.2. The maximum atomic E-state index is 12.2. The fraction of sp³-hybridized carbons (Fsp3) is 0.200. The summed E-state index contributed by atoms with van der Waals surface area (Å²) in [7, 11) is 0. The van der Waals surface area contributed by atoms with E-state index in [1.165, 1.54) is 0 Å². The smallest absolute Gasteiger partial charge is 0.270 e. The quantitative estimate of drug-likeness (QED) is 0.919. The van der Waals surface area contributed by atoms with Crippen LogP contribution in [-0.4, -0.2) is 17.5 Å². The van der Waals surface area contributed by atoms with Crippen LogP contribution in [0.25, 0.3) is 0 Å². The van der Waals surface area contributed by atoms with Crippen molar-refractivity contribution in [1.82, 2.24) is 10.3 Å². The summed E-state index contributed by atoms with van der Waals surface area (Å²) in [6.45, 7) is 0.607. The molecule has 1 N–H and O–H groups in total. The van der Waals surface area contributed by atoms with Crippen LogP contribution in [0, 0.1) is 0 Å². The molecule has 0 saturated carbocycles. The highest BCUT2D eigenvalue weighted by atomic mass is 79.9. The number of amides is 1. The average molecular weight is 333 g/mol. The lowest BCUT2D eigenvalue weighted by atomic mass is 10.0. The first-order chi connectivity index (χ1) is 9.74. The molecule has 20 heavy (non-hydrogen) atoms. The van der Waals surface area contributed by atoms with E-state index in [2.05, 4.69) is 26.2 Å². The molecule has 1 aliphatic heterocycles. The number of nitrogens with one attached hydrogen (secondary N) is 1. The van der Waals surface area contributed by atoms with E-state index in [1.807, 2.05) is 24.3 Å². The maximum Gasteiger partial charge on any atom is 0.270 e. The highest BCUT2D eigenvalue weighted by Gasteiger charge is 2.23. The molecular formula is C15H13BrN2O2. The number of carbonyl (C=O) groups excluding carboxylic acids is 1. The van der Waals surface area contributed by atoms with Crippen molar-refractivity contribution in [2.75, 3.05) is 6.61 Å². The predicted octanol–water partition coefficient (Wildman–Crippen LogP) is 3.10. The summed E-state index contributed by atoms with van der Waals surface area (Å²) in [5.74, 6) is 0.673. The second-order valence-corrected chi connectivity index (χ2v) is 5.48. The van der Waals surface area contributed by atoms with Crippen LogP contribution >= 0.6 is 15.9 Å². The van der Waals surface area contributed by atoms with Crippen molar-refractivity contribution in [1.29, 1.82) is 0 Å². The number of benzene rings is 1. The van der Waals surface area contributed by atoms with Gasteiger partial charge in [0, 0.05) is 22.7 Å². The van der Waals surface area contributed by atoms with Crippen molar-refractivity contribution in [3.63, 3.8) is 0 Å². The summed E-state index contributed by atoms with van der Waals surface area (Å²) >= 11 is 3.30. The Morgan fingerprint density at radius 2 is 2.15 bits per heavy atom. The van der Waals surface area contributed by atoms with Gasteiger partial charge >= 0.3 is 0 Å². The van der Waals surface area contributed by atoms with E-state index in [9.17, 15) is 4.79 Å². The minimum absolute atomic E-state index is 0.0297. The standard InChI is InChI=1S/C15H13BrN2O2/c16-10-5-6-13(17-9-10)15(19)18-12-7-8-20-14-4-2-1-3-11(12)14/h1-6,9,12H,7-8H2,(H,18,19). The van der Waals surface area contributed by atoms with Crippen LogP contribution in [0.3, 0.4) is 0 Å². The summed E-state index contributed by atoms with van der Waals surface area (Å²) in [4.78, 5) is 16.3. The van der Waals surface area contributed by atoms with Gasteiger partial charge in [-0.25, -0.2) is 4.98 Å². The Hall–Kier alpha value is -1.88. The van der Waals surface area contributed by atoms with E-state index >= 15 is 0 Å². The second kappa shape index (κ2) is 5.63. The van der Waals surface area contributed by atoms with Gasteiger partial charge in [0.1, 0.15) is 11.4 Å². The third-order valence-electron chi connectivity index (χ3n) is 3.22. The molecule has 0 radical (unpaired) electrons. The summed E-state index contributed by atoms with van der Waals surface area (Å²) in [5, 5.41) is 3.01. The van der Waals surface area contributed by atoms with Crippen LogP contribution < -0.4 is 10.1 Å². The highest BCUT2D eigenvalue weighted by Crippen LogP contribution is 2.31. The third-order valence-corrected chi connectivity index (χ3v) is 3.69. The summed E-state index contributed by atoms with van der Waals surface area (Å²) in [6.07, 6.45) is 2.38. The molecule has 5 heteroatoms. The number of carbonyl (C=O) groups is 1. The molecule has 2 aromatic rings. The fourth-order valence-corrected chi connectivity index (χ4v) is 2.47. The van der Waals surface area contributed by atoms with Crippen molar-refractivity contribution in [2.45, 2.75) is 12.5 Å². The number of fused-ring (bicyclic) bond motifs is 1. The van der Waals surface area contributed by atoms with E-state index in [0.717, 1.165) is 22.2 Å². The topological polar surface area (TPSA) is 51.2 Å². The lowest BCUT2D eigenvalue weighted by Gasteiger charge is -2.26. The molecule has 1 atom stereocenters. The van der Waals surface area contributed by atoms with Gasteiger partial charge in [-0.3, -0.25) is 4.79 Å². The minimum atomic E-state index is -0.167. The molecular weight excluding hydrogens is 320 g/mol. The molecule has 4 nitrogen and oxygen atoms in total. The number of rotatable bonds is 2. The Labute approximate surface area is 125 Å². The Morgan fingerprint density at radius 1 is 1.30 bits per heavy atom. The molecule has 3 rings (SSSR count). The number of aromatic nitrogens is 1. The van der Waals surface area contributed by atoms with Crippen LogP contribution in [0.5, 0.6) is 5.75 Å². The summed E-state index contributed by atoms with van der Waals surface area (Å²) in [6, 6.07) is 11.3. The zero-order chi connectivity index (χ0) is 13.9. The van der Waals surface area contributed by atoms with Gasteiger partial charge < -0.3 is 10.1 Å². The van der Waals surface area contributed by atoms with E-state index in [-0.39, 0.29) is 11.9 Å². The summed E-state index contributed by atoms with van der Waals surface area (Å²) in [5.41, 5.74) is 1.43. The van der Waals surface area contributed by atoms with E-state index in [1.54, 1.807) is 18.3 Å². The van der Waals surface area contributed by atoms with Crippen molar-refractivity contribution in [2.24, 2.45) is 0 Å². The number of hydrogen-bond acceptors (Lipinski definition) is 3. The molecule has 0 aliphatic carbocycles. The molecule has 0 saturated heterocycles. The van der Waals surface area contributed by atoms with Crippen LogP contribution in [0.1, 0.15) is 28.5 Å². The zero-order valence-corrected chi connectivity index (χ0v) is 12.3. The van der Waals surface area contributed by atoms with Crippen molar-refractivity contribution < 1.29 is 9.53 Å². The molecule has 1 amide bonds. The van der Waals surface area contributed by atoms with Crippen LogP contribution in [0.15, 0.2) is 47.1 Å². The Bertz CT molecular complexity index is 628. The van der Waals surface area contributed by atoms with Gasteiger partial charge in [0.15, 0.2) is 0 Å². The molecule has 0 bridgehead atoms. The zero-order valence-electron chi connectivity index (χ0n) is 10.7. The molecule has 1 aromatic carbocycles. The normalized spacial score (nSPS) is 16.9. The molecule has 1 aromatic heterocycles. The van der Waals surface area contributed by atoms with Gasteiger partial charge in [-0.05, 0) is 34.1 Å². The molecule has 0 spiro atoms. The van der Waals surface area contributed by atoms with Gasteiger partial charge in [-0.1, -0.05) is 18.2 Å². The van der Waals surface area contributed by atoms with Crippen molar-refractivity contribution >= 4 is 21.8 Å². The Kier molecular flexibility index (Phi) is 3.69. The number of nitrogens with zero attached hydrogens (tertiary/aromatic N) is 1. The summed E-state index contributed by atoms with van der Waals surface area (Å²) < 4.78 is 6.44. The van der Waals surface area contributed by atoms with Crippen molar-refractivity contribution in [3.05, 3.63) is 58.3 Å². The lowest BCUT2D eigenvalue weighted by Crippen LogP contribution is -2.32. The monoisotopic (exact) mass is 332 g/mol. The molecule has 1 aliphatic rings. The SMILES string of the molecule is O=C(NC1CCOc2ccccc21)c1ccc(Br)cn1. The van der Waals surface area contributed by atoms with Crippen LogP contribution in [0.2, 0.25) is 0 Å². The largest absolute Gasteiger partial charge is 0.493 e. The Morgan fingerprint density at radius 3 is 2.95 bits per heavy atom. The molecule has 102 valence electrons. The molecule has 1 unspecified atom stereocenters. The van der Waals surface area contributed by atoms with Crippen LogP contribution in [-0.2, 0) is 0 Å². The van der Waals surface area contributed by atoms with Gasteiger partial charge in [0.25, 0.3) is 5.91 Å². The minimum Gasteiger partial charge on any atom is -0.493 e. The van der Waals surface area contributed by atoms with Crippen LogP contribution in [0.4, 0.5) is 0 Å². The number of halogens is 1. The first-order valence-corrected chi connectivity index (χ1v) is 7.17. The predicted molar refractivity (Wildman–Crippen MR) is 78.7 cm³/mol. The first kappa shape index (κ1) is 13.1. The third kappa shape index (κ3) is 2.67. The lowest BCUT2D eigenvalue weighted by molar-refractivity contribution is 0.0919. The number of hydrogen-bond donors (Lipinski definition) is 1. The van der Waals surface area contributed by atoms with Gasteiger partial charge in [0.05, 0.1) is 12.6 Å². The van der Waals surface area contributed by atoms with E-state index in [0.29, 0.717) is 12.3 Å². The Balaban J connectivity index is 1.79. The molecule has 2 heterocycles. The number of ether oxygens (including phenoxy) is 1. The van der Waals surface area contributed by atoms with Gasteiger partial charge in [-0.15, -0.1) is 0 Å². The highest BCUT2D eigenvalue weighted by molar-refractivity contribution is 9.10. The number of para-hydroxylation sites is 1. The average Bonchev–Trinajstić information content (AvgIpc) is 2.48. The number of pyridine rings is 1. The fourth-order valence-electron chi connectivity index (χ4n) is 2.23. The van der Waals surface area contributed by atoms with Crippen molar-refractivity contribution in [3.8, 4) is 5.75 Å².